The molecule has 0 aliphatic rings. The molecule has 0 saturated carbocycles. The van der Waals surface area contributed by atoms with Gasteiger partial charge in [0.2, 0.25) is 5.91 Å². The van der Waals surface area contributed by atoms with Crippen LogP contribution in [0.15, 0.2) is 90.3 Å². The van der Waals surface area contributed by atoms with Gasteiger partial charge in [-0.25, -0.2) is 12.8 Å². The Balaban J connectivity index is 1.68. The molecule has 38 heavy (non-hydrogen) atoms. The maximum atomic E-state index is 13.1. The molecule has 0 aliphatic heterocycles. The van der Waals surface area contributed by atoms with E-state index in [0.29, 0.717) is 5.02 Å². The summed E-state index contributed by atoms with van der Waals surface area (Å²) >= 11 is 5.95. The van der Waals surface area contributed by atoms with Gasteiger partial charge in [-0.15, -0.1) is 6.58 Å². The SMILES string of the molecule is C=CCNC(=O)C(C)N(Cc1ccc(Cl)cc1)C(=O)COc1ccc(S(=O)(=O)Nc2ccc(F)cc2)cc1. The third-order valence-corrected chi connectivity index (χ3v) is 7.10. The number of carbonyl (C=O) groups is 2. The predicted octanol–water partition coefficient (Wildman–Crippen LogP) is 4.38. The zero-order chi connectivity index (χ0) is 27.7. The van der Waals surface area contributed by atoms with Crippen LogP contribution in [0.3, 0.4) is 0 Å². The number of benzene rings is 3. The number of hydrogen-bond acceptors (Lipinski definition) is 5. The fourth-order valence-corrected chi connectivity index (χ4v) is 4.55. The minimum Gasteiger partial charge on any atom is -0.484 e. The third kappa shape index (κ3) is 8.06. The molecule has 0 aromatic heterocycles. The molecule has 0 aliphatic carbocycles. The number of halogens is 2. The van der Waals surface area contributed by atoms with Crippen LogP contribution in [0.1, 0.15) is 12.5 Å². The lowest BCUT2D eigenvalue weighted by Crippen LogP contribution is -2.49. The van der Waals surface area contributed by atoms with Gasteiger partial charge >= 0.3 is 0 Å². The van der Waals surface area contributed by atoms with Crippen LogP contribution in [-0.4, -0.2) is 44.3 Å². The molecule has 3 aromatic rings. The lowest BCUT2D eigenvalue weighted by molar-refractivity contribution is -0.142. The summed E-state index contributed by atoms with van der Waals surface area (Å²) in [7, 11) is -3.92. The Morgan fingerprint density at radius 1 is 1.05 bits per heavy atom. The molecule has 200 valence electrons. The highest BCUT2D eigenvalue weighted by atomic mass is 35.5. The highest BCUT2D eigenvalue weighted by Gasteiger charge is 2.26. The van der Waals surface area contributed by atoms with E-state index < -0.39 is 27.8 Å². The van der Waals surface area contributed by atoms with E-state index in [1.165, 1.54) is 47.4 Å². The van der Waals surface area contributed by atoms with Crippen molar-refractivity contribution in [1.29, 1.82) is 0 Å². The summed E-state index contributed by atoms with van der Waals surface area (Å²) in [5, 5.41) is 3.23. The number of anilines is 1. The average molecular weight is 560 g/mol. The standard InChI is InChI=1S/C27H27ClFN3O5S/c1-3-16-30-27(34)19(2)32(17-20-4-6-21(28)7-5-20)26(33)18-37-24-12-14-25(15-13-24)38(35,36)31-23-10-8-22(29)9-11-23/h3-15,19,31H,1,16-18H2,2H3,(H,30,34). The van der Waals surface area contributed by atoms with Crippen molar-refractivity contribution in [3.8, 4) is 5.75 Å². The Bertz CT molecular complexity index is 1370. The van der Waals surface area contributed by atoms with Gasteiger partial charge in [0, 0.05) is 23.8 Å². The molecule has 0 fully saturated rings. The van der Waals surface area contributed by atoms with Crippen molar-refractivity contribution >= 4 is 39.1 Å². The van der Waals surface area contributed by atoms with Crippen molar-refractivity contribution < 1.29 is 27.1 Å². The smallest absolute Gasteiger partial charge is 0.261 e. The molecule has 0 bridgehead atoms. The van der Waals surface area contributed by atoms with Crippen molar-refractivity contribution in [2.45, 2.75) is 24.4 Å². The number of nitrogens with one attached hydrogen (secondary N) is 2. The zero-order valence-corrected chi connectivity index (χ0v) is 22.1. The molecule has 11 heteroatoms. The van der Waals surface area contributed by atoms with Crippen LogP contribution in [0.4, 0.5) is 10.1 Å². The predicted molar refractivity (Wildman–Crippen MR) is 144 cm³/mol. The summed E-state index contributed by atoms with van der Waals surface area (Å²) in [5.74, 6) is -1.02. The molecular weight excluding hydrogens is 533 g/mol. The number of hydrogen-bond donors (Lipinski definition) is 2. The molecule has 2 amide bonds. The van der Waals surface area contributed by atoms with E-state index in [0.717, 1.165) is 17.7 Å². The van der Waals surface area contributed by atoms with Gasteiger partial charge in [0.1, 0.15) is 17.6 Å². The highest BCUT2D eigenvalue weighted by Crippen LogP contribution is 2.20. The Hall–Kier alpha value is -3.89. The molecule has 2 N–H and O–H groups in total. The topological polar surface area (TPSA) is 105 Å². The molecule has 1 unspecified atom stereocenters. The van der Waals surface area contributed by atoms with E-state index in [4.69, 9.17) is 16.3 Å². The van der Waals surface area contributed by atoms with Gasteiger partial charge in [-0.3, -0.25) is 14.3 Å². The number of carbonyl (C=O) groups excluding carboxylic acids is 2. The van der Waals surface area contributed by atoms with Gasteiger partial charge in [-0.1, -0.05) is 29.8 Å². The van der Waals surface area contributed by atoms with E-state index >= 15 is 0 Å². The number of ether oxygens (including phenoxy) is 1. The Morgan fingerprint density at radius 3 is 2.29 bits per heavy atom. The molecule has 3 rings (SSSR count). The van der Waals surface area contributed by atoms with Crippen molar-refractivity contribution in [2.24, 2.45) is 0 Å². The molecule has 0 radical (unpaired) electrons. The normalized spacial score (nSPS) is 11.8. The van der Waals surface area contributed by atoms with E-state index in [1.807, 2.05) is 0 Å². The van der Waals surface area contributed by atoms with Gasteiger partial charge in [-0.05, 0) is 73.2 Å². The molecule has 0 saturated heterocycles. The average Bonchev–Trinajstić information content (AvgIpc) is 2.91. The van der Waals surface area contributed by atoms with E-state index in [1.54, 1.807) is 31.2 Å². The number of amides is 2. The zero-order valence-electron chi connectivity index (χ0n) is 20.6. The van der Waals surface area contributed by atoms with Gasteiger partial charge in [0.15, 0.2) is 6.61 Å². The molecule has 0 spiro atoms. The summed E-state index contributed by atoms with van der Waals surface area (Å²) < 4.78 is 46.2. The van der Waals surface area contributed by atoms with Crippen molar-refractivity contribution in [1.82, 2.24) is 10.2 Å². The first-order valence-electron chi connectivity index (χ1n) is 11.5. The van der Waals surface area contributed by atoms with Crippen molar-refractivity contribution in [2.75, 3.05) is 17.9 Å². The van der Waals surface area contributed by atoms with E-state index in [-0.39, 0.29) is 41.9 Å². The molecule has 0 heterocycles. The second kappa shape index (κ2) is 13.1. The van der Waals surface area contributed by atoms with Crippen LogP contribution in [-0.2, 0) is 26.2 Å². The van der Waals surface area contributed by atoms with Gasteiger partial charge < -0.3 is 15.0 Å². The molecule has 1 atom stereocenters. The number of nitrogens with zero attached hydrogens (tertiary/aromatic N) is 1. The quantitative estimate of drug-likeness (QED) is 0.321. The van der Waals surface area contributed by atoms with Gasteiger partial charge in [0.25, 0.3) is 15.9 Å². The number of sulfonamides is 1. The first-order valence-corrected chi connectivity index (χ1v) is 13.4. The summed E-state index contributed by atoms with van der Waals surface area (Å²) in [6.07, 6.45) is 1.54. The fourth-order valence-electron chi connectivity index (χ4n) is 3.36. The summed E-state index contributed by atoms with van der Waals surface area (Å²) in [6.45, 7) is 5.21. The maximum absolute atomic E-state index is 13.1. The second-order valence-electron chi connectivity index (χ2n) is 8.23. The molecular formula is C27H27ClFN3O5S. The minimum absolute atomic E-state index is 0.0441. The summed E-state index contributed by atoms with van der Waals surface area (Å²) in [5.41, 5.74) is 0.985. The second-order valence-corrected chi connectivity index (χ2v) is 10.3. The van der Waals surface area contributed by atoms with Crippen LogP contribution >= 0.6 is 11.6 Å². The Morgan fingerprint density at radius 2 is 1.68 bits per heavy atom. The van der Waals surface area contributed by atoms with Crippen LogP contribution in [0, 0.1) is 5.82 Å². The first-order chi connectivity index (χ1) is 18.1. The number of rotatable bonds is 12. The molecule has 3 aromatic carbocycles. The van der Waals surface area contributed by atoms with Crippen LogP contribution in [0.5, 0.6) is 5.75 Å². The van der Waals surface area contributed by atoms with Crippen LogP contribution in [0.2, 0.25) is 5.02 Å². The van der Waals surface area contributed by atoms with Crippen LogP contribution in [0.25, 0.3) is 0 Å². The van der Waals surface area contributed by atoms with Gasteiger partial charge in [-0.2, -0.15) is 0 Å². The monoisotopic (exact) mass is 559 g/mol. The van der Waals surface area contributed by atoms with Crippen LogP contribution < -0.4 is 14.8 Å². The van der Waals surface area contributed by atoms with Crippen molar-refractivity contribution in [3.63, 3.8) is 0 Å². The van der Waals surface area contributed by atoms with E-state index in [2.05, 4.69) is 16.6 Å². The first kappa shape index (κ1) is 28.7. The Kier molecular flexibility index (Phi) is 9.86. The van der Waals surface area contributed by atoms with Crippen molar-refractivity contribution in [3.05, 3.63) is 102 Å². The highest BCUT2D eigenvalue weighted by molar-refractivity contribution is 7.92. The largest absolute Gasteiger partial charge is 0.484 e. The van der Waals surface area contributed by atoms with Gasteiger partial charge in [0.05, 0.1) is 4.90 Å². The fraction of sp³-hybridized carbons (Fsp3) is 0.185. The lowest BCUT2D eigenvalue weighted by Gasteiger charge is -2.28. The molecule has 8 nitrogen and oxygen atoms in total. The summed E-state index contributed by atoms with van der Waals surface area (Å²) in [6, 6.07) is 16.5. The lowest BCUT2D eigenvalue weighted by atomic mass is 10.1. The summed E-state index contributed by atoms with van der Waals surface area (Å²) in [4.78, 5) is 27.0. The minimum atomic E-state index is -3.92. The maximum Gasteiger partial charge on any atom is 0.261 e. The van der Waals surface area contributed by atoms with E-state index in [9.17, 15) is 22.4 Å². The third-order valence-electron chi connectivity index (χ3n) is 5.45. The Labute approximate surface area is 226 Å².